The standard InChI is InChI=1S/C45H68N12O10S/c1-27(59)51-36(26-58)42(65)54-33(12-6-7-20-46)44(67)57-22-9-14-37(57)43(66)56-35(25-29-15-17-30(60)18-16-29)41(64)53-32(19-23-68-2)40(63)52-31(13-8-21-50-45(48)49)39(62)55-34(38(47)61)24-28-10-4-3-5-11-28/h3-5,10-11,15-18,31-37,58,60H,6-9,12-14,19-26,46H2,1-2H3,(H2,47,61)(H,51,59)(H,52,63)(H,53,64)(H,54,65)(H,55,62)(H,56,66)(H4,48,49,50)/t31-,32-,33-,34-,35-,36-,37-/m0/s1. The molecule has 16 N–H and O–H groups in total. The molecule has 7 atom stereocenters. The van der Waals surface area contributed by atoms with Crippen LogP contribution in [0.3, 0.4) is 0 Å². The summed E-state index contributed by atoms with van der Waals surface area (Å²) in [4.78, 5) is 113. The molecule has 0 radical (unpaired) electrons. The number of phenolic OH excluding ortho intramolecular Hbond substituents is 1. The number of rotatable bonds is 29. The first-order valence-electron chi connectivity index (χ1n) is 22.5. The molecule has 0 bridgehead atoms. The largest absolute Gasteiger partial charge is 0.508 e. The lowest BCUT2D eigenvalue weighted by molar-refractivity contribution is -0.142. The lowest BCUT2D eigenvalue weighted by Gasteiger charge is -2.31. The Balaban J connectivity index is 1.89. The van der Waals surface area contributed by atoms with E-state index >= 15 is 0 Å². The Morgan fingerprint density at radius 2 is 1.26 bits per heavy atom. The number of unbranched alkanes of at least 4 members (excludes halogenated alkanes) is 1. The predicted octanol–water partition coefficient (Wildman–Crippen LogP) is -2.49. The van der Waals surface area contributed by atoms with Crippen LogP contribution < -0.4 is 54.8 Å². The molecule has 0 saturated carbocycles. The molecule has 8 amide bonds. The van der Waals surface area contributed by atoms with Gasteiger partial charge in [0, 0.05) is 32.9 Å². The van der Waals surface area contributed by atoms with Gasteiger partial charge in [-0.05, 0) is 93.2 Å². The molecule has 374 valence electrons. The fraction of sp³-hybridized carbons (Fsp3) is 0.533. The zero-order chi connectivity index (χ0) is 50.2. The van der Waals surface area contributed by atoms with Gasteiger partial charge < -0.3 is 69.9 Å². The monoisotopic (exact) mass is 968 g/mol. The van der Waals surface area contributed by atoms with Crippen LogP contribution in [-0.4, -0.2) is 149 Å². The van der Waals surface area contributed by atoms with Crippen LogP contribution in [0.2, 0.25) is 0 Å². The Morgan fingerprint density at radius 3 is 1.85 bits per heavy atom. The Kier molecular flexibility index (Phi) is 24.1. The molecule has 68 heavy (non-hydrogen) atoms. The number of hydrogen-bond acceptors (Lipinski definition) is 13. The normalized spacial score (nSPS) is 15.8. The number of nitrogens with zero attached hydrogens (tertiary/aromatic N) is 2. The lowest BCUT2D eigenvalue weighted by atomic mass is 10.0. The molecule has 0 unspecified atom stereocenters. The van der Waals surface area contributed by atoms with Crippen molar-refractivity contribution < 1.29 is 48.6 Å². The summed E-state index contributed by atoms with van der Waals surface area (Å²) in [6.07, 6.45) is 3.89. The summed E-state index contributed by atoms with van der Waals surface area (Å²) < 4.78 is 0. The molecule has 1 aliphatic rings. The average molecular weight is 969 g/mol. The van der Waals surface area contributed by atoms with Gasteiger partial charge in [0.25, 0.3) is 0 Å². The zero-order valence-corrected chi connectivity index (χ0v) is 39.4. The number of phenols is 1. The number of aliphatic hydroxyl groups excluding tert-OH is 1. The molecular formula is C45H68N12O10S. The van der Waals surface area contributed by atoms with Gasteiger partial charge in [-0.1, -0.05) is 42.5 Å². The summed E-state index contributed by atoms with van der Waals surface area (Å²) >= 11 is 1.40. The van der Waals surface area contributed by atoms with Crippen molar-refractivity contribution in [3.63, 3.8) is 0 Å². The molecule has 1 heterocycles. The van der Waals surface area contributed by atoms with E-state index in [1.165, 1.54) is 35.7 Å². The number of carbonyl (C=O) groups is 8. The van der Waals surface area contributed by atoms with Gasteiger partial charge in [-0.3, -0.25) is 43.3 Å². The number of nitrogens with two attached hydrogens (primary N) is 4. The van der Waals surface area contributed by atoms with E-state index in [1.54, 1.807) is 48.7 Å². The highest BCUT2D eigenvalue weighted by Gasteiger charge is 2.40. The van der Waals surface area contributed by atoms with Crippen LogP contribution in [0.4, 0.5) is 0 Å². The average Bonchev–Trinajstić information content (AvgIpc) is 3.80. The van der Waals surface area contributed by atoms with Gasteiger partial charge in [0.1, 0.15) is 48.0 Å². The van der Waals surface area contributed by atoms with Crippen molar-refractivity contribution in [2.75, 3.05) is 38.2 Å². The minimum atomic E-state index is -1.33. The first kappa shape index (κ1) is 55.9. The molecule has 1 aliphatic heterocycles. The van der Waals surface area contributed by atoms with E-state index in [2.05, 4.69) is 36.9 Å². The summed E-state index contributed by atoms with van der Waals surface area (Å²) in [6, 6.07) is 6.36. The molecular weight excluding hydrogens is 901 g/mol. The van der Waals surface area contributed by atoms with Crippen LogP contribution in [0.25, 0.3) is 0 Å². The second kappa shape index (κ2) is 29.3. The number of amides is 8. The van der Waals surface area contributed by atoms with Crippen molar-refractivity contribution >= 4 is 65.0 Å². The number of nitrogens with one attached hydrogen (secondary N) is 6. The lowest BCUT2D eigenvalue weighted by Crippen LogP contribution is -2.60. The van der Waals surface area contributed by atoms with E-state index in [0.29, 0.717) is 37.1 Å². The Bertz CT molecular complexity index is 2030. The molecule has 0 aliphatic carbocycles. The summed E-state index contributed by atoms with van der Waals surface area (Å²) in [5.74, 6) is -5.47. The smallest absolute Gasteiger partial charge is 0.245 e. The number of likely N-dealkylation sites (tertiary alicyclic amines) is 1. The van der Waals surface area contributed by atoms with Crippen molar-refractivity contribution in [1.82, 2.24) is 36.8 Å². The molecule has 23 heteroatoms. The zero-order valence-electron chi connectivity index (χ0n) is 38.6. The van der Waals surface area contributed by atoms with Crippen LogP contribution in [-0.2, 0) is 51.2 Å². The van der Waals surface area contributed by atoms with Crippen molar-refractivity contribution in [1.29, 1.82) is 0 Å². The van der Waals surface area contributed by atoms with Gasteiger partial charge in [0.05, 0.1) is 6.61 Å². The second-order valence-corrected chi connectivity index (χ2v) is 17.4. The molecule has 3 rings (SSSR count). The molecule has 0 spiro atoms. The molecule has 1 saturated heterocycles. The van der Waals surface area contributed by atoms with Crippen LogP contribution >= 0.6 is 11.8 Å². The van der Waals surface area contributed by atoms with Gasteiger partial charge >= 0.3 is 0 Å². The number of thioether (sulfide) groups is 1. The fourth-order valence-electron chi connectivity index (χ4n) is 7.48. The summed E-state index contributed by atoms with van der Waals surface area (Å²) in [5.41, 5.74) is 23.6. The third-order valence-electron chi connectivity index (χ3n) is 11.1. The van der Waals surface area contributed by atoms with E-state index < -0.39 is 96.2 Å². The highest BCUT2D eigenvalue weighted by atomic mass is 32.2. The highest BCUT2D eigenvalue weighted by Crippen LogP contribution is 2.21. The number of guanidine groups is 1. The van der Waals surface area contributed by atoms with Crippen molar-refractivity contribution in [3.8, 4) is 5.75 Å². The molecule has 2 aromatic carbocycles. The van der Waals surface area contributed by atoms with Gasteiger partial charge in [0.2, 0.25) is 47.3 Å². The summed E-state index contributed by atoms with van der Waals surface area (Å²) in [5, 5.41) is 35.6. The van der Waals surface area contributed by atoms with E-state index in [9.17, 15) is 48.6 Å². The predicted molar refractivity (Wildman–Crippen MR) is 256 cm³/mol. The second-order valence-electron chi connectivity index (χ2n) is 16.4. The van der Waals surface area contributed by atoms with Crippen molar-refractivity contribution in [2.24, 2.45) is 27.9 Å². The van der Waals surface area contributed by atoms with Crippen LogP contribution in [0.1, 0.15) is 69.4 Å². The minimum absolute atomic E-state index is 0.0272. The third-order valence-corrected chi connectivity index (χ3v) is 11.7. The maximum Gasteiger partial charge on any atom is 0.245 e. The number of aliphatic imine (C=N–C) groups is 1. The molecule has 2 aromatic rings. The van der Waals surface area contributed by atoms with Gasteiger partial charge in [0.15, 0.2) is 5.96 Å². The number of benzene rings is 2. The SMILES string of the molecule is CSCC[C@H](NC(=O)[C@H](Cc1ccc(O)cc1)NC(=O)[C@@H]1CCCN1C(=O)[C@H](CCCCN)NC(=O)[C@H](CO)NC(C)=O)C(=O)N[C@@H](CCCN=C(N)N)C(=O)N[C@@H](Cc1ccccc1)C(N)=O. The Morgan fingerprint density at radius 1 is 0.706 bits per heavy atom. The van der Waals surface area contributed by atoms with E-state index in [1.807, 2.05) is 0 Å². The Hall–Kier alpha value is -6.46. The quantitative estimate of drug-likeness (QED) is 0.0228. The third kappa shape index (κ3) is 19.0. The van der Waals surface area contributed by atoms with Crippen LogP contribution in [0.15, 0.2) is 59.6 Å². The maximum atomic E-state index is 14.4. The molecule has 1 fully saturated rings. The number of aromatic hydroxyl groups is 1. The summed E-state index contributed by atoms with van der Waals surface area (Å²) in [6.45, 7) is 1.04. The van der Waals surface area contributed by atoms with Crippen LogP contribution in [0.5, 0.6) is 5.75 Å². The Labute approximate surface area is 400 Å². The fourth-order valence-corrected chi connectivity index (χ4v) is 7.95. The van der Waals surface area contributed by atoms with Gasteiger partial charge in [-0.25, -0.2) is 0 Å². The number of hydrogen-bond donors (Lipinski definition) is 12. The van der Waals surface area contributed by atoms with E-state index in [-0.39, 0.29) is 69.7 Å². The van der Waals surface area contributed by atoms with Crippen molar-refractivity contribution in [2.45, 2.75) is 113 Å². The minimum Gasteiger partial charge on any atom is -0.508 e. The van der Waals surface area contributed by atoms with E-state index in [0.717, 1.165) is 5.56 Å². The highest BCUT2D eigenvalue weighted by molar-refractivity contribution is 7.98. The first-order valence-corrected chi connectivity index (χ1v) is 23.9. The molecule has 0 aromatic heterocycles. The number of carbonyl (C=O) groups excluding carboxylic acids is 8. The number of aliphatic hydroxyl groups is 1. The van der Waals surface area contributed by atoms with E-state index in [4.69, 9.17) is 22.9 Å². The topological polar surface area (TPSA) is 369 Å². The van der Waals surface area contributed by atoms with Gasteiger partial charge in [-0.15, -0.1) is 0 Å². The summed E-state index contributed by atoms with van der Waals surface area (Å²) in [7, 11) is 0. The first-order chi connectivity index (χ1) is 32.5. The molecule has 22 nitrogen and oxygen atoms in total. The van der Waals surface area contributed by atoms with Gasteiger partial charge in [-0.2, -0.15) is 11.8 Å². The number of primary amides is 1. The van der Waals surface area contributed by atoms with Crippen LogP contribution in [0, 0.1) is 0 Å². The van der Waals surface area contributed by atoms with Crippen molar-refractivity contribution in [3.05, 3.63) is 65.7 Å². The maximum absolute atomic E-state index is 14.4.